The number of Topliss-reactive ketones (excluding diaryl/α,β-unsaturated/α-hetero) is 1. The number of allylic oxidation sites excluding steroid dienone is 1. The Morgan fingerprint density at radius 1 is 1.10 bits per heavy atom. The van der Waals surface area contributed by atoms with Crippen molar-refractivity contribution in [2.75, 3.05) is 18.9 Å². The van der Waals surface area contributed by atoms with Crippen LogP contribution < -0.4 is 0 Å². The Balaban J connectivity index is 4.07. The van der Waals surface area contributed by atoms with Crippen LogP contribution in [0.5, 0.6) is 0 Å². The molecule has 0 aromatic rings. The van der Waals surface area contributed by atoms with Gasteiger partial charge in [-0.15, -0.1) is 0 Å². The normalized spacial score (nSPS) is 9.75. The van der Waals surface area contributed by atoms with E-state index in [9.17, 15) is 14.4 Å². The lowest BCUT2D eigenvalue weighted by atomic mass is 10.2. The van der Waals surface area contributed by atoms with Gasteiger partial charge in [0.25, 0.3) is 0 Å². The van der Waals surface area contributed by atoms with Gasteiger partial charge in [-0.3, -0.25) is 13.9 Å². The second-order valence-electron chi connectivity index (χ2n) is 4.37. The summed E-state index contributed by atoms with van der Waals surface area (Å²) < 4.78 is 6.41. The van der Waals surface area contributed by atoms with Gasteiger partial charge in [0, 0.05) is 25.5 Å². The molecule has 0 rings (SSSR count). The third-order valence-corrected chi connectivity index (χ3v) is 3.41. The second kappa shape index (κ2) is 9.36. The molecule has 0 unspecified atom stereocenters. The van der Waals surface area contributed by atoms with Gasteiger partial charge in [-0.2, -0.15) is 0 Å². The van der Waals surface area contributed by atoms with Crippen molar-refractivity contribution < 1.29 is 19.1 Å². The van der Waals surface area contributed by atoms with Crippen LogP contribution in [0.25, 0.3) is 0 Å². The lowest BCUT2D eigenvalue weighted by molar-refractivity contribution is -0.139. The number of amides is 1. The summed E-state index contributed by atoms with van der Waals surface area (Å²) in [5.41, 5.74) is 0.811. The molecule has 0 bridgehead atoms. The van der Waals surface area contributed by atoms with Crippen LogP contribution in [-0.4, -0.2) is 40.9 Å². The number of ether oxygens (including phenoxy) is 1. The molecule has 0 radical (unpaired) electrons. The largest absolute Gasteiger partial charge is 0.462 e. The number of nitrogens with zero attached hydrogens (tertiary/aromatic N) is 1. The smallest absolute Gasteiger partial charge is 0.333 e. The number of hydrogen-bond donors (Lipinski definition) is 0. The topological polar surface area (TPSA) is 63.7 Å². The molecular weight excluding hydrogens is 278 g/mol. The Bertz CT molecular complexity index is 417. The molecule has 0 fully saturated rings. The van der Waals surface area contributed by atoms with E-state index < -0.39 is 5.97 Å². The number of hydrogen-bond acceptors (Lipinski definition) is 5. The van der Waals surface area contributed by atoms with Crippen LogP contribution >= 0.6 is 11.9 Å². The van der Waals surface area contributed by atoms with Crippen molar-refractivity contribution in [3.05, 3.63) is 24.3 Å². The first-order valence-electron chi connectivity index (χ1n) is 6.18. The maximum Gasteiger partial charge on any atom is 0.333 e. The molecule has 0 aliphatic rings. The number of rotatable bonds is 9. The Kier molecular flexibility index (Phi) is 8.63. The highest BCUT2D eigenvalue weighted by Gasteiger charge is 2.13. The molecule has 0 spiro atoms. The van der Waals surface area contributed by atoms with Gasteiger partial charge in [-0.1, -0.05) is 13.2 Å². The van der Waals surface area contributed by atoms with Crippen molar-refractivity contribution in [2.45, 2.75) is 27.2 Å². The van der Waals surface area contributed by atoms with Gasteiger partial charge in [0.1, 0.15) is 0 Å². The number of carbonyl (C=O) groups is 3. The van der Waals surface area contributed by atoms with Crippen LogP contribution in [0.4, 0.5) is 0 Å². The van der Waals surface area contributed by atoms with Crippen LogP contribution in [0.2, 0.25) is 0 Å². The molecule has 0 saturated heterocycles. The minimum atomic E-state index is -0.440. The zero-order valence-corrected chi connectivity index (χ0v) is 13.0. The fourth-order valence-electron chi connectivity index (χ4n) is 1.07. The summed E-state index contributed by atoms with van der Waals surface area (Å²) in [6, 6.07) is 0. The Hall–Kier alpha value is -1.56. The average Bonchev–Trinajstić information content (AvgIpc) is 2.36. The number of carbonyl (C=O) groups excluding carboxylic acids is 3. The summed E-state index contributed by atoms with van der Waals surface area (Å²) in [7, 11) is 0. The second-order valence-corrected chi connectivity index (χ2v) is 5.36. The first-order chi connectivity index (χ1) is 9.25. The lowest BCUT2D eigenvalue weighted by Gasteiger charge is -2.19. The predicted octanol–water partition coefficient (Wildman–Crippen LogP) is 2.14. The van der Waals surface area contributed by atoms with E-state index in [4.69, 9.17) is 4.74 Å². The van der Waals surface area contributed by atoms with Crippen LogP contribution in [-0.2, 0) is 19.1 Å². The van der Waals surface area contributed by atoms with Crippen molar-refractivity contribution in [3.8, 4) is 0 Å². The highest BCUT2D eigenvalue weighted by molar-refractivity contribution is 7.98. The van der Waals surface area contributed by atoms with Crippen LogP contribution in [0.15, 0.2) is 24.3 Å². The van der Waals surface area contributed by atoms with Crippen molar-refractivity contribution in [3.63, 3.8) is 0 Å². The molecule has 0 aliphatic carbocycles. The van der Waals surface area contributed by atoms with Gasteiger partial charge in [0.15, 0.2) is 5.78 Å². The first-order valence-corrected chi connectivity index (χ1v) is 7.12. The van der Waals surface area contributed by atoms with E-state index in [1.807, 2.05) is 0 Å². The predicted molar refractivity (Wildman–Crippen MR) is 80.1 cm³/mol. The quantitative estimate of drug-likeness (QED) is 0.282. The van der Waals surface area contributed by atoms with Crippen LogP contribution in [0.3, 0.4) is 0 Å². The van der Waals surface area contributed by atoms with Gasteiger partial charge in [0.05, 0.1) is 12.4 Å². The summed E-state index contributed by atoms with van der Waals surface area (Å²) in [4.78, 5) is 34.0. The molecule has 0 heterocycles. The Labute approximate surface area is 124 Å². The minimum Gasteiger partial charge on any atom is -0.462 e. The van der Waals surface area contributed by atoms with E-state index in [-0.39, 0.29) is 24.1 Å². The first kappa shape index (κ1) is 18.4. The summed E-state index contributed by atoms with van der Waals surface area (Å²) in [6.07, 6.45) is 0.507. The third-order valence-electron chi connectivity index (χ3n) is 2.27. The van der Waals surface area contributed by atoms with Crippen LogP contribution in [0, 0.1) is 0 Å². The van der Waals surface area contributed by atoms with Gasteiger partial charge in [0.2, 0.25) is 5.91 Å². The van der Waals surface area contributed by atoms with Gasteiger partial charge in [-0.05, 0) is 31.4 Å². The molecule has 0 atom stereocenters. The van der Waals surface area contributed by atoms with Crippen molar-refractivity contribution in [2.24, 2.45) is 0 Å². The maximum atomic E-state index is 11.4. The molecule has 6 heteroatoms. The number of ketones is 1. The molecule has 0 N–H and O–H groups in total. The lowest BCUT2D eigenvalue weighted by Crippen LogP contribution is -2.25. The van der Waals surface area contributed by atoms with Gasteiger partial charge >= 0.3 is 5.97 Å². The van der Waals surface area contributed by atoms with Crippen molar-refractivity contribution >= 4 is 29.6 Å². The van der Waals surface area contributed by atoms with E-state index in [1.54, 1.807) is 13.8 Å². The highest BCUT2D eigenvalue weighted by Crippen LogP contribution is 2.12. The van der Waals surface area contributed by atoms with E-state index in [1.165, 1.54) is 11.2 Å². The molecule has 0 aliphatic heterocycles. The molecule has 0 aromatic carbocycles. The molecular formula is C14H21NO4S. The molecule has 1 amide bonds. The summed E-state index contributed by atoms with van der Waals surface area (Å²) in [6.45, 7) is 12.3. The fraction of sp³-hybridized carbons (Fsp3) is 0.500. The zero-order valence-electron chi connectivity index (χ0n) is 12.2. The van der Waals surface area contributed by atoms with E-state index in [0.29, 0.717) is 24.1 Å². The molecule has 0 saturated carbocycles. The molecule has 112 valence electrons. The summed E-state index contributed by atoms with van der Waals surface area (Å²) >= 11 is 1.15. The van der Waals surface area contributed by atoms with E-state index in [2.05, 4.69) is 13.2 Å². The highest BCUT2D eigenvalue weighted by atomic mass is 32.2. The maximum absolute atomic E-state index is 11.4. The Morgan fingerprint density at radius 3 is 2.15 bits per heavy atom. The monoisotopic (exact) mass is 299 g/mol. The molecule has 5 nitrogen and oxygen atoms in total. The average molecular weight is 299 g/mol. The van der Waals surface area contributed by atoms with Gasteiger partial charge < -0.3 is 4.74 Å². The van der Waals surface area contributed by atoms with E-state index >= 15 is 0 Å². The van der Waals surface area contributed by atoms with Gasteiger partial charge in [-0.25, -0.2) is 4.79 Å². The standard InChI is InChI=1S/C14H21NO4S/c1-10(2)13(17)9-20-15(12(5)16)7-6-8-19-14(18)11(3)4/h1,3,6-9H2,2,4-5H3. The summed E-state index contributed by atoms with van der Waals surface area (Å²) in [5, 5.41) is 0. The fourth-order valence-corrected chi connectivity index (χ4v) is 2.03. The van der Waals surface area contributed by atoms with Crippen molar-refractivity contribution in [1.29, 1.82) is 0 Å². The molecule has 0 aromatic heterocycles. The third kappa shape index (κ3) is 7.78. The molecule has 20 heavy (non-hydrogen) atoms. The Morgan fingerprint density at radius 2 is 1.70 bits per heavy atom. The minimum absolute atomic E-state index is 0.0880. The summed E-state index contributed by atoms with van der Waals surface area (Å²) in [5.74, 6) is -0.490. The SMILES string of the molecule is C=C(C)C(=O)CSN(CCCOC(=O)C(=C)C)C(C)=O. The van der Waals surface area contributed by atoms with E-state index in [0.717, 1.165) is 11.9 Å². The zero-order chi connectivity index (χ0) is 15.7. The number of esters is 1. The van der Waals surface area contributed by atoms with Crippen molar-refractivity contribution in [1.82, 2.24) is 4.31 Å². The van der Waals surface area contributed by atoms with Crippen LogP contribution in [0.1, 0.15) is 27.2 Å².